The molecule has 1 aliphatic carbocycles. The largest absolute Gasteiger partial charge is 0.349 e. The Bertz CT molecular complexity index is 545. The lowest BCUT2D eigenvalue weighted by Gasteiger charge is -2.29. The zero-order valence-corrected chi connectivity index (χ0v) is 14.6. The summed E-state index contributed by atoms with van der Waals surface area (Å²) in [6.07, 6.45) is 2.72. The Morgan fingerprint density at radius 2 is 2.09 bits per heavy atom. The molecule has 5 nitrogen and oxygen atoms in total. The van der Waals surface area contributed by atoms with Crippen LogP contribution in [0.25, 0.3) is 0 Å². The highest BCUT2D eigenvalue weighted by atomic mass is 16.1. The zero-order chi connectivity index (χ0) is 16.5. The molecule has 3 N–H and O–H groups in total. The van der Waals surface area contributed by atoms with Crippen LogP contribution in [0.2, 0.25) is 0 Å². The van der Waals surface area contributed by atoms with Gasteiger partial charge in [-0.1, -0.05) is 13.8 Å². The summed E-state index contributed by atoms with van der Waals surface area (Å²) in [5, 5.41) is 7.74. The Morgan fingerprint density at radius 3 is 2.59 bits per heavy atom. The number of nitrogens with two attached hydrogens (primary N) is 1. The lowest BCUT2D eigenvalue weighted by molar-refractivity contribution is -0.122. The van der Waals surface area contributed by atoms with Gasteiger partial charge in [0.1, 0.15) is 0 Å². The molecular formula is C17H30N4O. The SMILES string of the molecule is Cc1nn(CC(C)C)c(C)c1CC(=O)NC(C)(CN)C1CC1. The van der Waals surface area contributed by atoms with Gasteiger partial charge in [-0.15, -0.1) is 0 Å². The first kappa shape index (κ1) is 17.0. The Morgan fingerprint density at radius 1 is 1.45 bits per heavy atom. The standard InChI is InChI=1S/C17H30N4O/c1-11(2)9-21-13(4)15(12(3)20-21)8-16(22)19-17(5,10-18)14-6-7-14/h11,14H,6-10,18H2,1-5H3,(H,19,22). The van der Waals surface area contributed by atoms with E-state index in [1.807, 2.05) is 18.5 Å². The van der Waals surface area contributed by atoms with Crippen molar-refractivity contribution in [2.24, 2.45) is 17.6 Å². The maximum Gasteiger partial charge on any atom is 0.225 e. The van der Waals surface area contributed by atoms with E-state index in [1.54, 1.807) is 0 Å². The smallest absolute Gasteiger partial charge is 0.225 e. The molecular weight excluding hydrogens is 276 g/mol. The van der Waals surface area contributed by atoms with Gasteiger partial charge in [-0.3, -0.25) is 9.48 Å². The first-order chi connectivity index (χ1) is 10.3. The van der Waals surface area contributed by atoms with Gasteiger partial charge in [-0.05, 0) is 45.4 Å². The summed E-state index contributed by atoms with van der Waals surface area (Å²) in [5.41, 5.74) is 8.72. The second-order valence-electron chi connectivity index (χ2n) is 7.35. The third kappa shape index (κ3) is 3.69. The molecule has 0 bridgehead atoms. The Kier molecular flexibility index (Phi) is 4.95. The van der Waals surface area contributed by atoms with Gasteiger partial charge in [0.15, 0.2) is 0 Å². The first-order valence-corrected chi connectivity index (χ1v) is 8.30. The van der Waals surface area contributed by atoms with Crippen molar-refractivity contribution in [3.8, 4) is 0 Å². The van der Waals surface area contributed by atoms with E-state index in [1.165, 1.54) is 12.8 Å². The van der Waals surface area contributed by atoms with E-state index in [2.05, 4.69) is 31.2 Å². The van der Waals surface area contributed by atoms with Crippen LogP contribution in [0.3, 0.4) is 0 Å². The zero-order valence-electron chi connectivity index (χ0n) is 14.6. The van der Waals surface area contributed by atoms with E-state index in [4.69, 9.17) is 5.73 Å². The highest BCUT2D eigenvalue weighted by Gasteiger charge is 2.41. The molecule has 1 heterocycles. The number of hydrogen-bond donors (Lipinski definition) is 2. The van der Waals surface area contributed by atoms with Crippen molar-refractivity contribution in [3.05, 3.63) is 17.0 Å². The number of nitrogens with zero attached hydrogens (tertiary/aromatic N) is 2. The maximum atomic E-state index is 12.5. The molecule has 1 aromatic rings. The number of rotatable bonds is 7. The van der Waals surface area contributed by atoms with Gasteiger partial charge in [-0.2, -0.15) is 5.10 Å². The fraction of sp³-hybridized carbons (Fsp3) is 0.765. The monoisotopic (exact) mass is 306 g/mol. The van der Waals surface area contributed by atoms with Crippen molar-refractivity contribution in [2.45, 2.75) is 66.0 Å². The average molecular weight is 306 g/mol. The second kappa shape index (κ2) is 6.41. The number of carbonyl (C=O) groups is 1. The predicted molar refractivity (Wildman–Crippen MR) is 88.6 cm³/mol. The van der Waals surface area contributed by atoms with Crippen LogP contribution in [-0.4, -0.2) is 27.8 Å². The normalized spacial score (nSPS) is 17.6. The number of carbonyl (C=O) groups excluding carboxylic acids is 1. The highest BCUT2D eigenvalue weighted by molar-refractivity contribution is 5.80. The molecule has 0 aliphatic heterocycles. The quantitative estimate of drug-likeness (QED) is 0.808. The number of aryl methyl sites for hydroxylation is 1. The molecule has 1 amide bonds. The first-order valence-electron chi connectivity index (χ1n) is 8.30. The summed E-state index contributed by atoms with van der Waals surface area (Å²) in [7, 11) is 0. The molecule has 1 saturated carbocycles. The maximum absolute atomic E-state index is 12.5. The lowest BCUT2D eigenvalue weighted by Crippen LogP contribution is -2.53. The van der Waals surface area contributed by atoms with Crippen molar-refractivity contribution in [1.29, 1.82) is 0 Å². The van der Waals surface area contributed by atoms with Crippen LogP contribution in [0, 0.1) is 25.7 Å². The Labute approximate surface area is 133 Å². The van der Waals surface area contributed by atoms with Crippen LogP contribution in [-0.2, 0) is 17.8 Å². The van der Waals surface area contributed by atoms with Crippen molar-refractivity contribution < 1.29 is 4.79 Å². The van der Waals surface area contributed by atoms with Gasteiger partial charge in [0.2, 0.25) is 5.91 Å². The molecule has 124 valence electrons. The van der Waals surface area contributed by atoms with Crippen molar-refractivity contribution in [2.75, 3.05) is 6.54 Å². The molecule has 2 rings (SSSR count). The van der Waals surface area contributed by atoms with Crippen LogP contribution in [0.5, 0.6) is 0 Å². The molecule has 5 heteroatoms. The fourth-order valence-electron chi connectivity index (χ4n) is 3.08. The number of aromatic nitrogens is 2. The molecule has 22 heavy (non-hydrogen) atoms. The highest BCUT2D eigenvalue weighted by Crippen LogP contribution is 2.39. The second-order valence-corrected chi connectivity index (χ2v) is 7.35. The van der Waals surface area contributed by atoms with Crippen LogP contribution >= 0.6 is 0 Å². The molecule has 1 unspecified atom stereocenters. The third-order valence-electron chi connectivity index (χ3n) is 4.73. The summed E-state index contributed by atoms with van der Waals surface area (Å²) in [6.45, 7) is 11.8. The summed E-state index contributed by atoms with van der Waals surface area (Å²) < 4.78 is 2.02. The predicted octanol–water partition coefficient (Wildman–Crippen LogP) is 1.94. The van der Waals surface area contributed by atoms with E-state index < -0.39 is 0 Å². The summed E-state index contributed by atoms with van der Waals surface area (Å²) in [4.78, 5) is 12.5. The van der Waals surface area contributed by atoms with Crippen molar-refractivity contribution in [1.82, 2.24) is 15.1 Å². The topological polar surface area (TPSA) is 72.9 Å². The van der Waals surface area contributed by atoms with E-state index in [9.17, 15) is 4.79 Å². The lowest BCUT2D eigenvalue weighted by atomic mass is 9.95. The number of nitrogens with one attached hydrogen (secondary N) is 1. The van der Waals surface area contributed by atoms with Gasteiger partial charge < -0.3 is 11.1 Å². The van der Waals surface area contributed by atoms with Crippen LogP contribution in [0.4, 0.5) is 0 Å². The third-order valence-corrected chi connectivity index (χ3v) is 4.73. The van der Waals surface area contributed by atoms with Crippen molar-refractivity contribution >= 4 is 5.91 Å². The van der Waals surface area contributed by atoms with Gasteiger partial charge in [0, 0.05) is 24.3 Å². The molecule has 1 fully saturated rings. The summed E-state index contributed by atoms with van der Waals surface area (Å²) in [5.74, 6) is 1.12. The molecule has 1 aliphatic rings. The summed E-state index contributed by atoms with van der Waals surface area (Å²) in [6, 6.07) is 0. The molecule has 0 radical (unpaired) electrons. The van der Waals surface area contributed by atoms with Gasteiger partial charge >= 0.3 is 0 Å². The van der Waals surface area contributed by atoms with E-state index in [0.29, 0.717) is 24.8 Å². The van der Waals surface area contributed by atoms with Crippen LogP contribution < -0.4 is 11.1 Å². The van der Waals surface area contributed by atoms with Gasteiger partial charge in [0.05, 0.1) is 17.7 Å². The fourth-order valence-corrected chi connectivity index (χ4v) is 3.08. The molecule has 1 atom stereocenters. The molecule has 0 saturated heterocycles. The average Bonchev–Trinajstić information content (AvgIpc) is 3.24. The van der Waals surface area contributed by atoms with Crippen molar-refractivity contribution in [3.63, 3.8) is 0 Å². The van der Waals surface area contributed by atoms with E-state index in [-0.39, 0.29) is 11.4 Å². The molecule has 1 aromatic heterocycles. The van der Waals surface area contributed by atoms with E-state index in [0.717, 1.165) is 23.5 Å². The summed E-state index contributed by atoms with van der Waals surface area (Å²) >= 11 is 0. The minimum atomic E-state index is -0.257. The molecule has 0 spiro atoms. The van der Waals surface area contributed by atoms with Crippen LogP contribution in [0.1, 0.15) is 50.6 Å². The Balaban J connectivity index is 2.06. The van der Waals surface area contributed by atoms with Gasteiger partial charge in [-0.25, -0.2) is 0 Å². The Hall–Kier alpha value is -1.36. The van der Waals surface area contributed by atoms with Gasteiger partial charge in [0.25, 0.3) is 0 Å². The number of hydrogen-bond acceptors (Lipinski definition) is 3. The van der Waals surface area contributed by atoms with Crippen LogP contribution in [0.15, 0.2) is 0 Å². The number of amides is 1. The minimum Gasteiger partial charge on any atom is -0.349 e. The van der Waals surface area contributed by atoms with E-state index >= 15 is 0 Å². The minimum absolute atomic E-state index is 0.0511. The molecule has 0 aromatic carbocycles.